The van der Waals surface area contributed by atoms with E-state index in [4.69, 9.17) is 21.1 Å². The van der Waals surface area contributed by atoms with Gasteiger partial charge in [0.15, 0.2) is 0 Å². The first-order chi connectivity index (χ1) is 19.1. The first-order valence-electron chi connectivity index (χ1n) is 13.5. The highest BCUT2D eigenvalue weighted by atomic mass is 35.5. The fraction of sp³-hybridized carbons (Fsp3) is 0.406. The zero-order chi connectivity index (χ0) is 29.1. The van der Waals surface area contributed by atoms with Crippen LogP contribution in [0.3, 0.4) is 0 Å². The van der Waals surface area contributed by atoms with Crippen molar-refractivity contribution in [3.63, 3.8) is 0 Å². The molecule has 0 bridgehead atoms. The zero-order valence-corrected chi connectivity index (χ0v) is 24.0. The van der Waals surface area contributed by atoms with Crippen molar-refractivity contribution in [1.82, 2.24) is 4.90 Å². The normalized spacial score (nSPS) is 15.4. The van der Waals surface area contributed by atoms with Crippen LogP contribution in [0.5, 0.6) is 0 Å². The van der Waals surface area contributed by atoms with Gasteiger partial charge in [0, 0.05) is 32.1 Å². The molecule has 0 fully saturated rings. The molecule has 0 radical (unpaired) electrons. The van der Waals surface area contributed by atoms with Gasteiger partial charge < -0.3 is 9.47 Å². The average Bonchev–Trinajstić information content (AvgIpc) is 2.91. The summed E-state index contributed by atoms with van der Waals surface area (Å²) in [6.07, 6.45) is 4.54. The number of carbonyl (C=O) groups excluding carboxylic acids is 1. The topological polar surface area (TPSA) is 38.8 Å². The van der Waals surface area contributed by atoms with E-state index in [1.807, 2.05) is 36.4 Å². The van der Waals surface area contributed by atoms with Crippen molar-refractivity contribution in [3.8, 4) is 0 Å². The van der Waals surface area contributed by atoms with Crippen molar-refractivity contribution in [2.45, 2.75) is 51.7 Å². The number of hydrogen-bond acceptors (Lipinski definition) is 4. The van der Waals surface area contributed by atoms with Crippen LogP contribution in [0.2, 0.25) is 5.02 Å². The lowest BCUT2D eigenvalue weighted by Gasteiger charge is -2.30. The van der Waals surface area contributed by atoms with E-state index in [9.17, 15) is 18.0 Å². The number of carbonyl (C=O) groups is 1. The van der Waals surface area contributed by atoms with Crippen LogP contribution < -0.4 is 0 Å². The molecular formula is C32H37ClF3NO3. The lowest BCUT2D eigenvalue weighted by molar-refractivity contribution is -0.137. The molecular weight excluding hydrogens is 539 g/mol. The van der Waals surface area contributed by atoms with Gasteiger partial charge >= 0.3 is 12.1 Å². The second-order valence-electron chi connectivity index (χ2n) is 10.4. The van der Waals surface area contributed by atoms with Crippen LogP contribution in [0.1, 0.15) is 55.7 Å². The minimum Gasteiger partial charge on any atom is -0.498 e. The molecule has 0 N–H and O–H groups in total. The van der Waals surface area contributed by atoms with Crippen LogP contribution in [0, 0.1) is 5.92 Å². The van der Waals surface area contributed by atoms with Gasteiger partial charge in [-0.3, -0.25) is 4.90 Å². The van der Waals surface area contributed by atoms with Crippen molar-refractivity contribution >= 4 is 17.6 Å². The summed E-state index contributed by atoms with van der Waals surface area (Å²) in [6, 6.07) is 14.3. The number of methoxy groups -OCH3 is 1. The molecule has 0 saturated heterocycles. The third-order valence-electron chi connectivity index (χ3n) is 6.66. The first-order valence-corrected chi connectivity index (χ1v) is 13.8. The molecule has 0 amide bonds. The molecule has 8 heteroatoms. The Morgan fingerprint density at radius 3 is 2.55 bits per heavy atom. The highest BCUT2D eigenvalue weighted by molar-refractivity contribution is 6.32. The van der Waals surface area contributed by atoms with Crippen LogP contribution >= 0.6 is 11.6 Å². The maximum Gasteiger partial charge on any atom is 0.417 e. The third kappa shape index (κ3) is 9.86. The maximum atomic E-state index is 13.5. The van der Waals surface area contributed by atoms with E-state index in [1.165, 1.54) is 24.8 Å². The number of alkyl halides is 3. The Kier molecular flexibility index (Phi) is 11.9. The fourth-order valence-corrected chi connectivity index (χ4v) is 5.11. The van der Waals surface area contributed by atoms with Crippen molar-refractivity contribution < 1.29 is 27.4 Å². The molecule has 1 aliphatic carbocycles. The van der Waals surface area contributed by atoms with Crippen LogP contribution in [-0.2, 0) is 27.0 Å². The largest absolute Gasteiger partial charge is 0.498 e. The molecule has 0 aromatic heterocycles. The lowest BCUT2D eigenvalue weighted by atomic mass is 9.89. The molecule has 2 aromatic carbocycles. The Labute approximate surface area is 240 Å². The summed E-state index contributed by atoms with van der Waals surface area (Å²) in [6.45, 7) is 6.36. The number of hydrogen-bond donors (Lipinski definition) is 0. The highest BCUT2D eigenvalue weighted by Gasteiger charge is 2.34. The number of nitrogens with zero attached hydrogens (tertiary/aromatic N) is 1. The van der Waals surface area contributed by atoms with Crippen LogP contribution in [0.25, 0.3) is 0 Å². The van der Waals surface area contributed by atoms with Gasteiger partial charge in [0.1, 0.15) is 5.76 Å². The Balaban J connectivity index is 1.73. The molecule has 0 heterocycles. The second kappa shape index (κ2) is 15.1. The molecule has 2 aromatic rings. The van der Waals surface area contributed by atoms with Crippen LogP contribution in [0.15, 0.2) is 84.2 Å². The van der Waals surface area contributed by atoms with Gasteiger partial charge in [0.25, 0.3) is 0 Å². The van der Waals surface area contributed by atoms with Gasteiger partial charge in [-0.05, 0) is 53.5 Å². The van der Waals surface area contributed by atoms with E-state index in [0.29, 0.717) is 50.6 Å². The van der Waals surface area contributed by atoms with E-state index >= 15 is 0 Å². The molecule has 3 rings (SSSR count). The van der Waals surface area contributed by atoms with Crippen molar-refractivity contribution in [2.75, 3.05) is 26.8 Å². The molecule has 1 atom stereocenters. The average molecular weight is 576 g/mol. The van der Waals surface area contributed by atoms with Gasteiger partial charge in [0.05, 0.1) is 24.3 Å². The Morgan fingerprint density at radius 2 is 1.88 bits per heavy atom. The predicted octanol–water partition coefficient (Wildman–Crippen LogP) is 8.34. The maximum absolute atomic E-state index is 13.5. The van der Waals surface area contributed by atoms with Crippen molar-refractivity contribution in [3.05, 3.63) is 106 Å². The van der Waals surface area contributed by atoms with Gasteiger partial charge in [-0.25, -0.2) is 4.79 Å². The number of allylic oxidation sites excluding steroid dienone is 4. The third-order valence-corrected chi connectivity index (χ3v) is 7.11. The fourth-order valence-electron chi connectivity index (χ4n) is 4.82. The zero-order valence-electron chi connectivity index (χ0n) is 23.2. The molecule has 0 spiro atoms. The van der Waals surface area contributed by atoms with Gasteiger partial charge in [-0.15, -0.1) is 0 Å². The number of rotatable bonds is 13. The molecule has 4 nitrogen and oxygen atoms in total. The Hall–Kier alpha value is -3.03. The quantitative estimate of drug-likeness (QED) is 0.137. The highest BCUT2D eigenvalue weighted by Crippen LogP contribution is 2.37. The number of halogens is 4. The molecule has 0 saturated carbocycles. The first kappa shape index (κ1) is 31.5. The smallest absolute Gasteiger partial charge is 0.417 e. The summed E-state index contributed by atoms with van der Waals surface area (Å²) < 4.78 is 51.3. The van der Waals surface area contributed by atoms with E-state index in [2.05, 4.69) is 30.9 Å². The summed E-state index contributed by atoms with van der Waals surface area (Å²) in [5.41, 5.74) is 1.64. The van der Waals surface area contributed by atoms with Crippen LogP contribution in [0.4, 0.5) is 13.2 Å². The standard InChI is InChI=1S/C32H37ClF3NO3/c1-23(2)18-27(25-11-5-4-6-12-25)22-37(21-26-13-8-15-29(31(26)33)32(34,35)36)16-9-17-40-28-14-7-10-24(19-28)20-30(38)39-3/h4-8,10-15,20,23,27H,9,16-19,21-22H2,1-3H3. The van der Waals surface area contributed by atoms with Crippen molar-refractivity contribution in [2.24, 2.45) is 5.92 Å². The van der Waals surface area contributed by atoms with E-state index in [1.54, 1.807) is 6.07 Å². The summed E-state index contributed by atoms with van der Waals surface area (Å²) in [7, 11) is 1.33. The van der Waals surface area contributed by atoms with Gasteiger partial charge in [-0.1, -0.05) is 80.1 Å². The monoisotopic (exact) mass is 575 g/mol. The Bertz CT molecular complexity index is 1210. The lowest BCUT2D eigenvalue weighted by Crippen LogP contribution is -2.31. The van der Waals surface area contributed by atoms with E-state index < -0.39 is 17.7 Å². The number of benzene rings is 2. The van der Waals surface area contributed by atoms with Gasteiger partial charge in [-0.2, -0.15) is 13.2 Å². The van der Waals surface area contributed by atoms with Crippen molar-refractivity contribution in [1.29, 1.82) is 0 Å². The molecule has 0 aliphatic heterocycles. The van der Waals surface area contributed by atoms with Gasteiger partial charge in [0.2, 0.25) is 0 Å². The molecule has 216 valence electrons. The number of ether oxygens (including phenoxy) is 2. The molecule has 1 unspecified atom stereocenters. The molecule has 1 aliphatic rings. The summed E-state index contributed by atoms with van der Waals surface area (Å²) in [4.78, 5) is 13.7. The summed E-state index contributed by atoms with van der Waals surface area (Å²) in [5, 5.41) is -0.250. The van der Waals surface area contributed by atoms with Crippen LogP contribution in [-0.4, -0.2) is 37.7 Å². The second-order valence-corrected chi connectivity index (χ2v) is 10.7. The minimum atomic E-state index is -4.51. The molecule has 40 heavy (non-hydrogen) atoms. The SMILES string of the molecule is COC(=O)C=C1C=CC=C(OCCCN(Cc2cccc(C(F)(F)F)c2Cl)CC(CC(C)C)c2ccccc2)C1. The van der Waals surface area contributed by atoms with E-state index in [-0.39, 0.29) is 10.9 Å². The summed E-state index contributed by atoms with van der Waals surface area (Å²) >= 11 is 6.27. The Morgan fingerprint density at radius 1 is 1.12 bits per heavy atom. The van der Waals surface area contributed by atoms with E-state index in [0.717, 1.165) is 23.8 Å². The summed E-state index contributed by atoms with van der Waals surface area (Å²) in [5.74, 6) is 0.987. The minimum absolute atomic E-state index is 0.212. The number of esters is 1. The predicted molar refractivity (Wildman–Crippen MR) is 153 cm³/mol.